The fourth-order valence-corrected chi connectivity index (χ4v) is 5.77. The van der Waals surface area contributed by atoms with Gasteiger partial charge < -0.3 is 4.90 Å². The lowest BCUT2D eigenvalue weighted by atomic mass is 9.68. The minimum absolute atomic E-state index is 0.0852. The summed E-state index contributed by atoms with van der Waals surface area (Å²) < 4.78 is 26.0. The zero-order valence-corrected chi connectivity index (χ0v) is 15.3. The summed E-state index contributed by atoms with van der Waals surface area (Å²) in [7, 11) is -3.18. The number of nitrogens with zero attached hydrogens (tertiary/aromatic N) is 3. The number of rotatable bonds is 3. The third kappa shape index (κ3) is 2.64. The molecule has 1 aromatic carbocycles. The van der Waals surface area contributed by atoms with Crippen LogP contribution >= 0.6 is 11.3 Å². The lowest BCUT2D eigenvalue weighted by molar-refractivity contribution is 0.282. The molecule has 0 spiro atoms. The molecule has 7 heteroatoms. The maximum absolute atomic E-state index is 12.2. The van der Waals surface area contributed by atoms with Gasteiger partial charge in [0.1, 0.15) is 0 Å². The van der Waals surface area contributed by atoms with Crippen LogP contribution in [-0.4, -0.2) is 50.1 Å². The summed E-state index contributed by atoms with van der Waals surface area (Å²) in [4.78, 5) is 6.74. The molecule has 2 unspecified atom stereocenters. The highest BCUT2D eigenvalue weighted by atomic mass is 32.2. The Hall–Kier alpha value is -1.44. The van der Waals surface area contributed by atoms with Crippen LogP contribution in [0.25, 0.3) is 0 Å². The van der Waals surface area contributed by atoms with Crippen molar-refractivity contribution in [1.29, 1.82) is 0 Å². The second kappa shape index (κ2) is 5.82. The van der Waals surface area contributed by atoms with Crippen LogP contribution in [0.5, 0.6) is 0 Å². The molecule has 4 rings (SSSR count). The molecule has 2 atom stereocenters. The van der Waals surface area contributed by atoms with Gasteiger partial charge in [-0.25, -0.2) is 17.7 Å². The number of sulfonamides is 1. The first-order chi connectivity index (χ1) is 11.5. The summed E-state index contributed by atoms with van der Waals surface area (Å²) in [5, 5.41) is 3.03. The minimum Gasteiger partial charge on any atom is -0.348 e. The van der Waals surface area contributed by atoms with Gasteiger partial charge in [0.15, 0.2) is 5.13 Å². The third-order valence-corrected chi connectivity index (χ3v) is 7.49. The molecule has 2 aromatic rings. The van der Waals surface area contributed by atoms with E-state index in [-0.39, 0.29) is 11.3 Å². The molecule has 1 aromatic heterocycles. The van der Waals surface area contributed by atoms with Gasteiger partial charge in [-0.3, -0.25) is 0 Å². The molecule has 2 aliphatic rings. The summed E-state index contributed by atoms with van der Waals surface area (Å²) >= 11 is 1.65. The predicted octanol–water partition coefficient (Wildman–Crippen LogP) is 2.18. The fourth-order valence-electron chi connectivity index (χ4n) is 4.18. The van der Waals surface area contributed by atoms with Crippen LogP contribution < -0.4 is 4.90 Å². The van der Waals surface area contributed by atoms with E-state index in [0.717, 1.165) is 24.6 Å². The number of benzene rings is 1. The van der Waals surface area contributed by atoms with Crippen molar-refractivity contribution in [2.45, 2.75) is 11.8 Å². The van der Waals surface area contributed by atoms with E-state index in [1.54, 1.807) is 15.6 Å². The average molecular weight is 364 g/mol. The Kier molecular flexibility index (Phi) is 3.89. The molecular formula is C17H21N3O2S2. The first-order valence-electron chi connectivity index (χ1n) is 8.14. The second-order valence-corrected chi connectivity index (χ2v) is 9.64. The smallest absolute Gasteiger partial charge is 0.211 e. The van der Waals surface area contributed by atoms with Gasteiger partial charge in [-0.15, -0.1) is 11.3 Å². The first-order valence-corrected chi connectivity index (χ1v) is 10.9. The number of anilines is 1. The van der Waals surface area contributed by atoms with E-state index in [1.807, 2.05) is 17.6 Å². The summed E-state index contributed by atoms with van der Waals surface area (Å²) in [6, 6.07) is 10.4. The van der Waals surface area contributed by atoms with Crippen LogP contribution in [0.3, 0.4) is 0 Å². The molecular weight excluding hydrogens is 342 g/mol. The topological polar surface area (TPSA) is 53.5 Å². The number of hydrogen-bond donors (Lipinski definition) is 0. The zero-order valence-electron chi connectivity index (χ0n) is 13.6. The number of thiazole rings is 1. The van der Waals surface area contributed by atoms with E-state index >= 15 is 0 Å². The van der Waals surface area contributed by atoms with Gasteiger partial charge in [-0.1, -0.05) is 30.3 Å². The number of aromatic nitrogens is 1. The minimum atomic E-state index is -3.18. The largest absolute Gasteiger partial charge is 0.348 e. The van der Waals surface area contributed by atoms with Gasteiger partial charge in [0.05, 0.1) is 6.26 Å². The van der Waals surface area contributed by atoms with Gasteiger partial charge in [0, 0.05) is 49.1 Å². The molecule has 2 fully saturated rings. The van der Waals surface area contributed by atoms with Crippen LogP contribution in [0.15, 0.2) is 41.9 Å². The highest BCUT2D eigenvalue weighted by molar-refractivity contribution is 7.88. The van der Waals surface area contributed by atoms with Gasteiger partial charge in [0.25, 0.3) is 0 Å². The zero-order chi connectivity index (χ0) is 16.8. The summed E-state index contributed by atoms with van der Waals surface area (Å²) in [5.74, 6) is 0.285. The lowest BCUT2D eigenvalue weighted by Crippen LogP contribution is -2.49. The summed E-state index contributed by atoms with van der Waals surface area (Å²) in [6.07, 6.45) is 4.10. The maximum atomic E-state index is 12.2. The SMILES string of the molecule is CS(=O)(=O)N1CC2CN(c3nccs3)CCC2(c2ccccc2)C1. The first kappa shape index (κ1) is 16.1. The van der Waals surface area contributed by atoms with Crippen molar-refractivity contribution in [3.63, 3.8) is 0 Å². The molecule has 2 aliphatic heterocycles. The number of fused-ring (bicyclic) bond motifs is 1. The molecule has 24 heavy (non-hydrogen) atoms. The molecule has 128 valence electrons. The van der Waals surface area contributed by atoms with Crippen LogP contribution in [0.4, 0.5) is 5.13 Å². The highest BCUT2D eigenvalue weighted by Gasteiger charge is 2.52. The molecule has 2 saturated heterocycles. The van der Waals surface area contributed by atoms with E-state index in [2.05, 4.69) is 34.1 Å². The molecule has 0 radical (unpaired) electrons. The fraction of sp³-hybridized carbons (Fsp3) is 0.471. The van der Waals surface area contributed by atoms with Crippen LogP contribution in [-0.2, 0) is 15.4 Å². The highest BCUT2D eigenvalue weighted by Crippen LogP contribution is 2.46. The monoisotopic (exact) mass is 363 g/mol. The molecule has 0 aliphatic carbocycles. The Balaban J connectivity index is 1.70. The number of piperidine rings is 1. The van der Waals surface area contributed by atoms with Crippen molar-refractivity contribution in [3.8, 4) is 0 Å². The molecule has 0 bridgehead atoms. The van der Waals surface area contributed by atoms with Gasteiger partial charge >= 0.3 is 0 Å². The van der Waals surface area contributed by atoms with E-state index in [9.17, 15) is 8.42 Å². The van der Waals surface area contributed by atoms with E-state index in [1.165, 1.54) is 11.8 Å². The Morgan fingerprint density at radius 1 is 1.25 bits per heavy atom. The van der Waals surface area contributed by atoms with Gasteiger partial charge in [-0.2, -0.15) is 0 Å². The standard InChI is InChI=1S/C17H21N3O2S2/c1-24(21,22)20-12-15-11-19(16-18-8-10-23-16)9-7-17(15,13-20)14-5-3-2-4-6-14/h2-6,8,10,15H,7,9,11-13H2,1H3. The second-order valence-electron chi connectivity index (χ2n) is 6.79. The van der Waals surface area contributed by atoms with Crippen LogP contribution in [0.2, 0.25) is 0 Å². The van der Waals surface area contributed by atoms with E-state index < -0.39 is 10.0 Å². The third-order valence-electron chi connectivity index (χ3n) is 5.44. The summed E-state index contributed by atoms with van der Waals surface area (Å²) in [6.45, 7) is 2.95. The Morgan fingerprint density at radius 2 is 2.04 bits per heavy atom. The Labute approximate surface area is 147 Å². The maximum Gasteiger partial charge on any atom is 0.211 e. The van der Waals surface area contributed by atoms with Gasteiger partial charge in [0.2, 0.25) is 10.0 Å². The van der Waals surface area contributed by atoms with Crippen molar-refractivity contribution >= 4 is 26.5 Å². The Bertz CT molecular complexity index is 808. The van der Waals surface area contributed by atoms with Crippen LogP contribution in [0, 0.1) is 5.92 Å². The average Bonchev–Trinajstić information content (AvgIpc) is 3.22. The summed E-state index contributed by atoms with van der Waals surface area (Å²) in [5.41, 5.74) is 1.18. The molecule has 5 nitrogen and oxygen atoms in total. The predicted molar refractivity (Wildman–Crippen MR) is 97.0 cm³/mol. The van der Waals surface area contributed by atoms with E-state index in [4.69, 9.17) is 0 Å². The number of hydrogen-bond acceptors (Lipinski definition) is 5. The lowest BCUT2D eigenvalue weighted by Gasteiger charge is -2.44. The molecule has 0 saturated carbocycles. The van der Waals surface area contributed by atoms with Crippen molar-refractivity contribution in [1.82, 2.24) is 9.29 Å². The van der Waals surface area contributed by atoms with Crippen molar-refractivity contribution in [2.75, 3.05) is 37.3 Å². The van der Waals surface area contributed by atoms with Crippen LogP contribution in [0.1, 0.15) is 12.0 Å². The molecule has 3 heterocycles. The van der Waals surface area contributed by atoms with E-state index in [0.29, 0.717) is 13.1 Å². The Morgan fingerprint density at radius 3 is 2.71 bits per heavy atom. The molecule has 0 amide bonds. The van der Waals surface area contributed by atoms with Crippen molar-refractivity contribution < 1.29 is 8.42 Å². The normalized spacial score (nSPS) is 28.0. The molecule has 0 N–H and O–H groups in total. The van der Waals surface area contributed by atoms with Crippen molar-refractivity contribution in [3.05, 3.63) is 47.5 Å². The van der Waals surface area contributed by atoms with Crippen molar-refractivity contribution in [2.24, 2.45) is 5.92 Å². The quantitative estimate of drug-likeness (QED) is 0.839. The van der Waals surface area contributed by atoms with Gasteiger partial charge in [-0.05, 0) is 12.0 Å².